The van der Waals surface area contributed by atoms with Crippen LogP contribution in [0.2, 0.25) is 0 Å². The summed E-state index contributed by atoms with van der Waals surface area (Å²) in [5.41, 5.74) is 9.24. The molecule has 0 unspecified atom stereocenters. The smallest absolute Gasteiger partial charge is 0.303 e. The summed E-state index contributed by atoms with van der Waals surface area (Å²) in [5, 5.41) is 9.32. The fraction of sp³-hybridized carbons (Fsp3) is 0.250. The summed E-state index contributed by atoms with van der Waals surface area (Å²) in [6, 6.07) is 24.2. The molecule has 0 saturated carbocycles. The Morgan fingerprint density at radius 1 is 0.745 bits per heavy atom. The minimum atomic E-state index is -1.20. The van der Waals surface area contributed by atoms with E-state index in [1.165, 1.54) is 26.2 Å². The molecule has 0 radical (unpaired) electrons. The van der Waals surface area contributed by atoms with E-state index >= 15 is 0 Å². The summed E-state index contributed by atoms with van der Waals surface area (Å²) >= 11 is 0. The molecule has 11 heteroatoms. The Hall–Kier alpha value is -5.71. The molecule has 2 amide bonds. The number of rotatable bonds is 16. The average Bonchev–Trinajstić information content (AvgIpc) is 3.09. The summed E-state index contributed by atoms with van der Waals surface area (Å²) in [7, 11) is 6.02. The molecule has 0 saturated heterocycles. The summed E-state index contributed by atoms with van der Waals surface area (Å²) in [6.45, 7) is 0.274. The van der Waals surface area contributed by atoms with Gasteiger partial charge in [0.25, 0.3) is 5.91 Å². The SMILES string of the molecule is COc1cccc(COc2cccc(-c3ccc(C(=O)N(Cc4cc(OC)c(OC)c(OC)c4)[C@@H](CCC(=O)O)C(N)=O)cc3)c2)c1. The van der Waals surface area contributed by atoms with Gasteiger partial charge in [0.2, 0.25) is 11.7 Å². The van der Waals surface area contributed by atoms with E-state index in [4.69, 9.17) is 29.4 Å². The van der Waals surface area contributed by atoms with Crippen LogP contribution >= 0.6 is 0 Å². The number of primary amides is 1. The van der Waals surface area contributed by atoms with Crippen LogP contribution in [0.3, 0.4) is 0 Å². The van der Waals surface area contributed by atoms with Gasteiger partial charge < -0.3 is 39.4 Å². The molecular formula is C36H38N2O9. The van der Waals surface area contributed by atoms with Gasteiger partial charge in [0.15, 0.2) is 11.5 Å². The Labute approximate surface area is 273 Å². The third-order valence-corrected chi connectivity index (χ3v) is 7.51. The molecule has 0 fully saturated rings. The van der Waals surface area contributed by atoms with Crippen molar-refractivity contribution in [2.45, 2.75) is 32.0 Å². The molecule has 0 bridgehead atoms. The number of carboxylic acids is 1. The largest absolute Gasteiger partial charge is 0.497 e. The predicted molar refractivity (Wildman–Crippen MR) is 175 cm³/mol. The Kier molecular flexibility index (Phi) is 11.7. The third kappa shape index (κ3) is 8.72. The normalized spacial score (nSPS) is 11.2. The standard InChI is InChI=1S/C36H38N2O9/c1-43-28-9-5-7-23(17-28)22-47-29-10-6-8-27(20-29)25-11-13-26(14-12-25)36(42)38(30(35(37)41)15-16-33(39)40)21-24-18-31(44-2)34(46-4)32(19-24)45-3/h5-14,17-20,30H,15-16,21-22H2,1-4H3,(H2,37,41)(H,39,40)/t30-/m0/s1. The number of aliphatic carboxylic acids is 1. The van der Waals surface area contributed by atoms with Crippen molar-refractivity contribution in [3.63, 3.8) is 0 Å². The Bertz CT molecular complexity index is 1680. The van der Waals surface area contributed by atoms with Crippen molar-refractivity contribution in [2.75, 3.05) is 28.4 Å². The number of nitrogens with two attached hydrogens (primary N) is 1. The number of amides is 2. The number of benzene rings is 4. The van der Waals surface area contributed by atoms with E-state index in [-0.39, 0.29) is 24.9 Å². The highest BCUT2D eigenvalue weighted by atomic mass is 16.5. The highest BCUT2D eigenvalue weighted by Crippen LogP contribution is 2.39. The predicted octanol–water partition coefficient (Wildman–Crippen LogP) is 5.33. The fourth-order valence-corrected chi connectivity index (χ4v) is 5.12. The van der Waals surface area contributed by atoms with Gasteiger partial charge in [0.1, 0.15) is 24.1 Å². The molecule has 4 aromatic rings. The van der Waals surface area contributed by atoms with Crippen LogP contribution in [0.15, 0.2) is 84.9 Å². The zero-order valence-electron chi connectivity index (χ0n) is 26.7. The topological polar surface area (TPSA) is 147 Å². The van der Waals surface area contributed by atoms with E-state index in [1.54, 1.807) is 43.5 Å². The highest BCUT2D eigenvalue weighted by Gasteiger charge is 2.30. The molecular weight excluding hydrogens is 604 g/mol. The Morgan fingerprint density at radius 2 is 1.40 bits per heavy atom. The Morgan fingerprint density at radius 3 is 2.00 bits per heavy atom. The van der Waals surface area contributed by atoms with E-state index < -0.39 is 23.8 Å². The van der Waals surface area contributed by atoms with E-state index in [2.05, 4.69) is 0 Å². The number of carboxylic acid groups (broad SMARTS) is 1. The lowest BCUT2D eigenvalue weighted by Crippen LogP contribution is -2.47. The zero-order valence-corrected chi connectivity index (χ0v) is 26.7. The van der Waals surface area contributed by atoms with E-state index in [0.717, 1.165) is 22.4 Å². The molecule has 11 nitrogen and oxygen atoms in total. The second-order valence-corrected chi connectivity index (χ2v) is 10.6. The van der Waals surface area contributed by atoms with Crippen LogP contribution < -0.4 is 29.4 Å². The van der Waals surface area contributed by atoms with Gasteiger partial charge in [-0.15, -0.1) is 0 Å². The number of hydrogen-bond acceptors (Lipinski definition) is 8. The molecule has 0 spiro atoms. The van der Waals surface area contributed by atoms with Crippen molar-refractivity contribution in [1.82, 2.24) is 4.90 Å². The van der Waals surface area contributed by atoms with Crippen molar-refractivity contribution in [1.29, 1.82) is 0 Å². The van der Waals surface area contributed by atoms with Crippen LogP contribution in [-0.4, -0.2) is 62.3 Å². The van der Waals surface area contributed by atoms with Crippen LogP contribution in [0, 0.1) is 0 Å². The highest BCUT2D eigenvalue weighted by molar-refractivity contribution is 5.98. The lowest BCUT2D eigenvalue weighted by molar-refractivity contribution is -0.137. The fourth-order valence-electron chi connectivity index (χ4n) is 5.12. The molecule has 4 rings (SSSR count). The van der Waals surface area contributed by atoms with Gasteiger partial charge in [0, 0.05) is 18.5 Å². The van der Waals surface area contributed by atoms with Gasteiger partial charge in [-0.2, -0.15) is 0 Å². The van der Waals surface area contributed by atoms with Crippen molar-refractivity contribution in [3.8, 4) is 39.9 Å². The minimum Gasteiger partial charge on any atom is -0.497 e. The third-order valence-electron chi connectivity index (χ3n) is 7.51. The Balaban J connectivity index is 1.60. The lowest BCUT2D eigenvalue weighted by atomic mass is 10.0. The number of nitrogens with zero attached hydrogens (tertiary/aromatic N) is 1. The number of carbonyl (C=O) groups excluding carboxylic acids is 2. The monoisotopic (exact) mass is 642 g/mol. The van der Waals surface area contributed by atoms with Crippen molar-refractivity contribution in [3.05, 3.63) is 102 Å². The first-order valence-electron chi connectivity index (χ1n) is 14.7. The van der Waals surface area contributed by atoms with Crippen LogP contribution in [0.5, 0.6) is 28.7 Å². The van der Waals surface area contributed by atoms with E-state index in [9.17, 15) is 19.5 Å². The molecule has 0 aliphatic carbocycles. The molecule has 1 atom stereocenters. The molecule has 246 valence electrons. The van der Waals surface area contributed by atoms with Crippen LogP contribution in [-0.2, 0) is 22.7 Å². The molecule has 0 aromatic heterocycles. The van der Waals surface area contributed by atoms with Gasteiger partial charge in [-0.25, -0.2) is 0 Å². The number of carbonyl (C=O) groups is 3. The van der Waals surface area contributed by atoms with Crippen molar-refractivity contribution >= 4 is 17.8 Å². The first-order chi connectivity index (χ1) is 22.7. The summed E-state index contributed by atoms with van der Waals surface area (Å²) in [6.07, 6.45) is -0.525. The minimum absolute atomic E-state index is 0.0861. The molecule has 0 aliphatic heterocycles. The van der Waals surface area contributed by atoms with Gasteiger partial charge in [-0.3, -0.25) is 14.4 Å². The van der Waals surface area contributed by atoms with E-state index in [0.29, 0.717) is 35.2 Å². The lowest BCUT2D eigenvalue weighted by Gasteiger charge is -2.30. The molecule has 0 heterocycles. The van der Waals surface area contributed by atoms with Crippen LogP contribution in [0.4, 0.5) is 0 Å². The van der Waals surface area contributed by atoms with Crippen molar-refractivity contribution < 1.29 is 43.2 Å². The molecule has 0 aliphatic rings. The number of methoxy groups -OCH3 is 4. The van der Waals surface area contributed by atoms with Gasteiger partial charge in [-0.05, 0) is 77.2 Å². The van der Waals surface area contributed by atoms with Crippen LogP contribution in [0.1, 0.15) is 34.3 Å². The maximum Gasteiger partial charge on any atom is 0.303 e. The first-order valence-corrected chi connectivity index (χ1v) is 14.7. The van der Waals surface area contributed by atoms with Crippen molar-refractivity contribution in [2.24, 2.45) is 5.73 Å². The zero-order chi connectivity index (χ0) is 33.9. The first kappa shape index (κ1) is 34.2. The molecule has 4 aromatic carbocycles. The number of hydrogen-bond donors (Lipinski definition) is 2. The maximum atomic E-state index is 14.0. The van der Waals surface area contributed by atoms with E-state index in [1.807, 2.05) is 48.5 Å². The molecule has 3 N–H and O–H groups in total. The maximum absolute atomic E-state index is 14.0. The van der Waals surface area contributed by atoms with Crippen LogP contribution in [0.25, 0.3) is 11.1 Å². The second kappa shape index (κ2) is 16.0. The van der Waals surface area contributed by atoms with Gasteiger partial charge >= 0.3 is 5.97 Å². The summed E-state index contributed by atoms with van der Waals surface area (Å²) in [5.74, 6) is 0.0493. The van der Waals surface area contributed by atoms with Gasteiger partial charge in [0.05, 0.1) is 28.4 Å². The summed E-state index contributed by atoms with van der Waals surface area (Å²) < 4.78 is 27.6. The van der Waals surface area contributed by atoms with Gasteiger partial charge in [-0.1, -0.05) is 36.4 Å². The summed E-state index contributed by atoms with van der Waals surface area (Å²) in [4.78, 5) is 39.3. The quantitative estimate of drug-likeness (QED) is 0.166. The number of ether oxygens (including phenoxy) is 5. The average molecular weight is 643 g/mol. The second-order valence-electron chi connectivity index (χ2n) is 10.6. The molecule has 47 heavy (non-hydrogen) atoms.